The van der Waals surface area contributed by atoms with Crippen LogP contribution in [0.3, 0.4) is 0 Å². The van der Waals surface area contributed by atoms with Gasteiger partial charge in [0.1, 0.15) is 5.82 Å². The maximum Gasteiger partial charge on any atom is 0.309 e. The number of rotatable bonds is 4. The predicted octanol–water partition coefficient (Wildman–Crippen LogP) is 0.621. The Morgan fingerprint density at radius 1 is 1.27 bits per heavy atom. The van der Waals surface area contributed by atoms with E-state index in [2.05, 4.69) is 5.32 Å². The Hall–Kier alpha value is -1.95. The van der Waals surface area contributed by atoms with E-state index in [1.165, 1.54) is 19.2 Å². The molecule has 1 amide bonds. The molecule has 22 heavy (non-hydrogen) atoms. The van der Waals surface area contributed by atoms with Crippen molar-refractivity contribution in [1.29, 1.82) is 0 Å². The fraction of sp³-hybridized carbons (Fsp3) is 0.500. The number of ether oxygens (including phenoxy) is 1. The van der Waals surface area contributed by atoms with E-state index in [1.54, 1.807) is 12.1 Å². The lowest BCUT2D eigenvalue weighted by atomic mass is 9.96. The number of piperidine rings is 1. The Balaban J connectivity index is 1.86. The smallest absolute Gasteiger partial charge is 0.309 e. The lowest BCUT2D eigenvalue weighted by molar-refractivity contribution is -0.919. The normalized spacial score (nSPS) is 22.7. The molecule has 0 spiro atoms. The van der Waals surface area contributed by atoms with Crippen LogP contribution < -0.4 is 10.2 Å². The van der Waals surface area contributed by atoms with Crippen molar-refractivity contribution < 1.29 is 23.6 Å². The van der Waals surface area contributed by atoms with Crippen molar-refractivity contribution in [3.8, 4) is 0 Å². The number of hydrogen-bond acceptors (Lipinski definition) is 3. The highest BCUT2D eigenvalue weighted by Gasteiger charge is 2.33. The molecular formula is C16H22FN2O3+. The van der Waals surface area contributed by atoms with E-state index in [0.29, 0.717) is 5.69 Å². The van der Waals surface area contributed by atoms with Crippen LogP contribution in [0.15, 0.2) is 24.3 Å². The number of halogens is 1. The second kappa shape index (κ2) is 7.35. The first-order valence-electron chi connectivity index (χ1n) is 7.50. The Labute approximate surface area is 129 Å². The topological polar surface area (TPSA) is 59.8 Å². The number of nitrogens with one attached hydrogen (secondary N) is 2. The molecule has 6 heteroatoms. The standard InChI is InChI=1S/C16H21FN2O3/c1-11(15(20)18-14-5-3-13(17)4-6-14)19-9-7-12(8-10-19)16(21)22-2/h3-6,11-12H,7-10H2,1-2H3,(H,18,20)/p+1/t11-/m1/s1. The third-order valence-electron chi connectivity index (χ3n) is 4.28. The van der Waals surface area contributed by atoms with Gasteiger partial charge in [-0.15, -0.1) is 0 Å². The van der Waals surface area contributed by atoms with Gasteiger partial charge in [0.15, 0.2) is 6.04 Å². The molecule has 1 atom stereocenters. The third-order valence-corrected chi connectivity index (χ3v) is 4.28. The highest BCUT2D eigenvalue weighted by atomic mass is 19.1. The minimum absolute atomic E-state index is 0.0545. The molecule has 2 N–H and O–H groups in total. The van der Waals surface area contributed by atoms with Gasteiger partial charge in [-0.05, 0) is 31.2 Å². The van der Waals surface area contributed by atoms with E-state index in [-0.39, 0.29) is 29.7 Å². The summed E-state index contributed by atoms with van der Waals surface area (Å²) in [5.74, 6) is -0.650. The Morgan fingerprint density at radius 3 is 2.41 bits per heavy atom. The summed E-state index contributed by atoms with van der Waals surface area (Å²) in [4.78, 5) is 24.9. The molecule has 1 fully saturated rings. The summed E-state index contributed by atoms with van der Waals surface area (Å²) >= 11 is 0. The molecule has 1 heterocycles. The first-order valence-corrected chi connectivity index (χ1v) is 7.50. The van der Waals surface area contributed by atoms with Gasteiger partial charge in [0, 0.05) is 18.5 Å². The van der Waals surface area contributed by atoms with Crippen LogP contribution in [0.4, 0.5) is 10.1 Å². The van der Waals surface area contributed by atoms with Crippen LogP contribution in [0, 0.1) is 11.7 Å². The van der Waals surface area contributed by atoms with Crippen LogP contribution >= 0.6 is 0 Å². The van der Waals surface area contributed by atoms with Crippen molar-refractivity contribution in [2.45, 2.75) is 25.8 Å². The number of hydrogen-bond donors (Lipinski definition) is 2. The lowest BCUT2D eigenvalue weighted by Gasteiger charge is -2.31. The van der Waals surface area contributed by atoms with E-state index in [1.807, 2.05) is 6.92 Å². The first kappa shape index (κ1) is 16.4. The lowest BCUT2D eigenvalue weighted by Crippen LogP contribution is -3.17. The van der Waals surface area contributed by atoms with Gasteiger partial charge < -0.3 is 15.0 Å². The van der Waals surface area contributed by atoms with Crippen molar-refractivity contribution in [2.24, 2.45) is 5.92 Å². The van der Waals surface area contributed by atoms with Crippen molar-refractivity contribution in [3.63, 3.8) is 0 Å². The summed E-state index contributed by atoms with van der Waals surface area (Å²) in [5, 5.41) is 2.79. The number of anilines is 1. The largest absolute Gasteiger partial charge is 0.469 e. The summed E-state index contributed by atoms with van der Waals surface area (Å²) in [6.07, 6.45) is 1.46. The summed E-state index contributed by atoms with van der Waals surface area (Å²) in [7, 11) is 1.40. The average Bonchev–Trinajstić information content (AvgIpc) is 2.55. The number of benzene rings is 1. The molecule has 0 aromatic heterocycles. The Bertz CT molecular complexity index is 525. The minimum atomic E-state index is -0.332. The Morgan fingerprint density at radius 2 is 1.86 bits per heavy atom. The van der Waals surface area contributed by atoms with Crippen LogP contribution in [-0.2, 0) is 14.3 Å². The number of amides is 1. The highest BCUT2D eigenvalue weighted by Crippen LogP contribution is 2.12. The first-order chi connectivity index (χ1) is 10.5. The van der Waals surface area contributed by atoms with Gasteiger partial charge in [-0.2, -0.15) is 0 Å². The summed E-state index contributed by atoms with van der Waals surface area (Å²) in [5.41, 5.74) is 0.585. The molecule has 1 aliphatic rings. The van der Waals surface area contributed by atoms with Crippen molar-refractivity contribution in [2.75, 3.05) is 25.5 Å². The molecule has 2 rings (SSSR count). The van der Waals surface area contributed by atoms with Crippen LogP contribution in [0.1, 0.15) is 19.8 Å². The second-order valence-corrected chi connectivity index (χ2v) is 5.67. The summed E-state index contributed by atoms with van der Waals surface area (Å²) < 4.78 is 17.6. The Kier molecular flexibility index (Phi) is 5.49. The number of carbonyl (C=O) groups excluding carboxylic acids is 2. The molecule has 120 valence electrons. The van der Waals surface area contributed by atoms with E-state index in [9.17, 15) is 14.0 Å². The average molecular weight is 309 g/mol. The molecule has 1 aromatic rings. The third kappa shape index (κ3) is 4.04. The van der Waals surface area contributed by atoms with Gasteiger partial charge in [-0.3, -0.25) is 9.59 Å². The zero-order valence-corrected chi connectivity index (χ0v) is 12.9. The van der Waals surface area contributed by atoms with E-state index in [0.717, 1.165) is 30.8 Å². The zero-order chi connectivity index (χ0) is 16.1. The molecule has 0 aliphatic carbocycles. The number of quaternary nitrogens is 1. The van der Waals surface area contributed by atoms with Gasteiger partial charge in [0.25, 0.3) is 5.91 Å². The minimum Gasteiger partial charge on any atom is -0.469 e. The van der Waals surface area contributed by atoms with Crippen LogP contribution in [0.2, 0.25) is 0 Å². The van der Waals surface area contributed by atoms with Crippen molar-refractivity contribution in [1.82, 2.24) is 0 Å². The summed E-state index contributed by atoms with van der Waals surface area (Å²) in [6, 6.07) is 5.49. The molecule has 0 bridgehead atoms. The van der Waals surface area contributed by atoms with Gasteiger partial charge in [-0.1, -0.05) is 0 Å². The van der Waals surface area contributed by atoms with E-state index in [4.69, 9.17) is 4.74 Å². The maximum atomic E-state index is 12.9. The number of methoxy groups -OCH3 is 1. The van der Waals surface area contributed by atoms with Crippen molar-refractivity contribution >= 4 is 17.6 Å². The highest BCUT2D eigenvalue weighted by molar-refractivity contribution is 5.93. The van der Waals surface area contributed by atoms with Crippen molar-refractivity contribution in [3.05, 3.63) is 30.1 Å². The van der Waals surface area contributed by atoms with Gasteiger partial charge >= 0.3 is 5.97 Å². The van der Waals surface area contributed by atoms with Crippen LogP contribution in [-0.4, -0.2) is 38.1 Å². The number of likely N-dealkylation sites (tertiary alicyclic amines) is 1. The van der Waals surface area contributed by atoms with Gasteiger partial charge in [-0.25, -0.2) is 4.39 Å². The van der Waals surface area contributed by atoms with E-state index >= 15 is 0 Å². The SMILES string of the molecule is COC(=O)C1CC[NH+]([C@H](C)C(=O)Nc2ccc(F)cc2)CC1. The predicted molar refractivity (Wildman–Crippen MR) is 79.9 cm³/mol. The molecule has 0 radical (unpaired) electrons. The number of esters is 1. The zero-order valence-electron chi connectivity index (χ0n) is 12.9. The maximum absolute atomic E-state index is 12.9. The monoisotopic (exact) mass is 309 g/mol. The van der Waals surface area contributed by atoms with Gasteiger partial charge in [0.2, 0.25) is 0 Å². The fourth-order valence-electron chi connectivity index (χ4n) is 2.79. The molecule has 0 saturated carbocycles. The van der Waals surface area contributed by atoms with Gasteiger partial charge in [0.05, 0.1) is 26.1 Å². The molecule has 1 aromatic carbocycles. The molecule has 5 nitrogen and oxygen atoms in total. The molecule has 1 saturated heterocycles. The molecule has 0 unspecified atom stereocenters. The van der Waals surface area contributed by atoms with Crippen LogP contribution in [0.25, 0.3) is 0 Å². The fourth-order valence-corrected chi connectivity index (χ4v) is 2.79. The summed E-state index contributed by atoms with van der Waals surface area (Å²) in [6.45, 7) is 3.39. The molecule has 1 aliphatic heterocycles. The number of carbonyl (C=O) groups is 2. The van der Waals surface area contributed by atoms with E-state index < -0.39 is 0 Å². The second-order valence-electron chi connectivity index (χ2n) is 5.67. The molecular weight excluding hydrogens is 287 g/mol. The quantitative estimate of drug-likeness (QED) is 0.802. The van der Waals surface area contributed by atoms with Crippen LogP contribution in [0.5, 0.6) is 0 Å².